The summed E-state index contributed by atoms with van der Waals surface area (Å²) >= 11 is 0. The van der Waals surface area contributed by atoms with Crippen molar-refractivity contribution in [2.45, 2.75) is 48.0 Å². The molecule has 14 heavy (non-hydrogen) atoms. The molecule has 1 aliphatic rings. The molecule has 1 N–H and O–H groups in total. The Hall–Kier alpha value is -0.530. The van der Waals surface area contributed by atoms with Crippen LogP contribution >= 0.6 is 0 Å². The van der Waals surface area contributed by atoms with Gasteiger partial charge in [-0.1, -0.05) is 41.5 Å². The highest BCUT2D eigenvalue weighted by atomic mass is 16.2. The maximum absolute atomic E-state index is 12.1. The largest absolute Gasteiger partial charge is 0.356 e. The summed E-state index contributed by atoms with van der Waals surface area (Å²) in [6.45, 7) is 13.8. The van der Waals surface area contributed by atoms with Gasteiger partial charge in [0.1, 0.15) is 0 Å². The molecular formula is C12H23NO. The van der Waals surface area contributed by atoms with E-state index in [1.165, 1.54) is 0 Å². The minimum atomic E-state index is -0.222. The van der Waals surface area contributed by atoms with Gasteiger partial charge in [0.15, 0.2) is 0 Å². The van der Waals surface area contributed by atoms with Crippen LogP contribution in [0.1, 0.15) is 48.0 Å². The van der Waals surface area contributed by atoms with Gasteiger partial charge in [0.2, 0.25) is 5.91 Å². The van der Waals surface area contributed by atoms with E-state index in [2.05, 4.69) is 46.9 Å². The second-order valence-electron chi connectivity index (χ2n) is 6.41. The Labute approximate surface area is 87.5 Å². The van der Waals surface area contributed by atoms with E-state index in [4.69, 9.17) is 0 Å². The first kappa shape index (κ1) is 11.5. The highest BCUT2D eigenvalue weighted by Crippen LogP contribution is 2.55. The molecule has 2 heteroatoms. The van der Waals surface area contributed by atoms with Crippen molar-refractivity contribution < 1.29 is 4.79 Å². The molecule has 0 aliphatic carbocycles. The molecule has 0 saturated carbocycles. The fourth-order valence-corrected chi connectivity index (χ4v) is 3.18. The third-order valence-corrected chi connectivity index (χ3v) is 3.73. The monoisotopic (exact) mass is 197 g/mol. The van der Waals surface area contributed by atoms with E-state index in [0.717, 1.165) is 13.0 Å². The van der Waals surface area contributed by atoms with Crippen LogP contribution in [0.15, 0.2) is 0 Å². The molecule has 1 rings (SSSR count). The van der Waals surface area contributed by atoms with Crippen molar-refractivity contribution in [3.05, 3.63) is 0 Å². The minimum absolute atomic E-state index is 0.0197. The van der Waals surface area contributed by atoms with Gasteiger partial charge in [0.25, 0.3) is 0 Å². The van der Waals surface area contributed by atoms with Crippen molar-refractivity contribution in [2.75, 3.05) is 6.54 Å². The van der Waals surface area contributed by atoms with Crippen molar-refractivity contribution in [1.29, 1.82) is 0 Å². The predicted octanol–water partition coefficient (Wildman–Crippen LogP) is 2.58. The van der Waals surface area contributed by atoms with E-state index in [1.807, 2.05) is 0 Å². The molecule has 82 valence electrons. The van der Waals surface area contributed by atoms with Crippen molar-refractivity contribution in [2.24, 2.45) is 16.2 Å². The Morgan fingerprint density at radius 3 is 1.64 bits per heavy atom. The number of carbonyl (C=O) groups is 1. The fraction of sp³-hybridized carbons (Fsp3) is 0.917. The first-order chi connectivity index (χ1) is 6.13. The normalized spacial score (nSPS) is 22.3. The van der Waals surface area contributed by atoms with E-state index in [0.29, 0.717) is 0 Å². The van der Waals surface area contributed by atoms with Crippen molar-refractivity contribution in [1.82, 2.24) is 5.32 Å². The lowest BCUT2D eigenvalue weighted by Crippen LogP contribution is -2.51. The Balaban J connectivity index is 3.23. The molecule has 1 amide bonds. The SMILES string of the molecule is CC(C)(C)C1(C(C)(C)C)CCNC1=O. The highest BCUT2D eigenvalue weighted by molar-refractivity contribution is 5.86. The van der Waals surface area contributed by atoms with E-state index in [1.54, 1.807) is 0 Å². The van der Waals surface area contributed by atoms with Crippen LogP contribution in [0.25, 0.3) is 0 Å². The third-order valence-electron chi connectivity index (χ3n) is 3.73. The molecule has 0 spiro atoms. The van der Waals surface area contributed by atoms with Crippen LogP contribution in [0.5, 0.6) is 0 Å². The van der Waals surface area contributed by atoms with E-state index >= 15 is 0 Å². The van der Waals surface area contributed by atoms with Crippen molar-refractivity contribution in [3.8, 4) is 0 Å². The standard InChI is InChI=1S/C12H23NO/c1-10(2,3)12(11(4,5)6)7-8-13-9(12)14/h7-8H2,1-6H3,(H,13,14). The molecule has 2 nitrogen and oxygen atoms in total. The fourth-order valence-electron chi connectivity index (χ4n) is 3.18. The van der Waals surface area contributed by atoms with E-state index < -0.39 is 0 Å². The van der Waals surface area contributed by atoms with Gasteiger partial charge in [0, 0.05) is 6.54 Å². The lowest BCUT2D eigenvalue weighted by atomic mass is 9.53. The summed E-state index contributed by atoms with van der Waals surface area (Å²) < 4.78 is 0. The number of hydrogen-bond acceptors (Lipinski definition) is 1. The van der Waals surface area contributed by atoms with Gasteiger partial charge in [-0.2, -0.15) is 0 Å². The molecule has 0 unspecified atom stereocenters. The van der Waals surface area contributed by atoms with Crippen LogP contribution in [0.4, 0.5) is 0 Å². The summed E-state index contributed by atoms with van der Waals surface area (Å²) in [4.78, 5) is 12.1. The third kappa shape index (κ3) is 1.35. The summed E-state index contributed by atoms with van der Waals surface area (Å²) in [7, 11) is 0. The lowest BCUT2D eigenvalue weighted by molar-refractivity contribution is -0.143. The zero-order chi connectivity index (χ0) is 11.2. The zero-order valence-corrected chi connectivity index (χ0v) is 10.3. The van der Waals surface area contributed by atoms with Gasteiger partial charge in [-0.25, -0.2) is 0 Å². The molecule has 0 atom stereocenters. The number of rotatable bonds is 0. The van der Waals surface area contributed by atoms with E-state index in [9.17, 15) is 4.79 Å². The Kier molecular flexibility index (Phi) is 2.46. The average Bonchev–Trinajstić information content (AvgIpc) is 2.27. The molecule has 1 heterocycles. The summed E-state index contributed by atoms with van der Waals surface area (Å²) in [6.07, 6.45) is 0.957. The second kappa shape index (κ2) is 2.98. The molecule has 1 aliphatic heterocycles. The zero-order valence-electron chi connectivity index (χ0n) is 10.3. The molecule has 0 radical (unpaired) electrons. The predicted molar refractivity (Wildman–Crippen MR) is 59.0 cm³/mol. The van der Waals surface area contributed by atoms with Crippen LogP contribution in [0, 0.1) is 16.2 Å². The van der Waals surface area contributed by atoms with Crippen LogP contribution < -0.4 is 5.32 Å². The van der Waals surface area contributed by atoms with Crippen LogP contribution in [0.2, 0.25) is 0 Å². The first-order valence-corrected chi connectivity index (χ1v) is 5.41. The Morgan fingerprint density at radius 1 is 1.07 bits per heavy atom. The van der Waals surface area contributed by atoms with Gasteiger partial charge < -0.3 is 5.32 Å². The minimum Gasteiger partial charge on any atom is -0.356 e. The van der Waals surface area contributed by atoms with Crippen LogP contribution in [0.3, 0.4) is 0 Å². The molecule has 1 fully saturated rings. The Bertz CT molecular complexity index is 228. The summed E-state index contributed by atoms with van der Waals surface area (Å²) in [5.74, 6) is 0.234. The molecule has 0 bridgehead atoms. The number of carbonyl (C=O) groups excluding carboxylic acids is 1. The molecular weight excluding hydrogens is 174 g/mol. The number of nitrogens with one attached hydrogen (secondary N) is 1. The van der Waals surface area contributed by atoms with Crippen molar-refractivity contribution in [3.63, 3.8) is 0 Å². The molecule has 0 aromatic heterocycles. The number of hydrogen-bond donors (Lipinski definition) is 1. The van der Waals surface area contributed by atoms with Gasteiger partial charge in [-0.15, -0.1) is 0 Å². The smallest absolute Gasteiger partial charge is 0.227 e. The highest BCUT2D eigenvalue weighted by Gasteiger charge is 2.57. The molecule has 1 saturated heterocycles. The molecule has 0 aromatic rings. The quantitative estimate of drug-likeness (QED) is 0.635. The van der Waals surface area contributed by atoms with Crippen LogP contribution in [-0.2, 0) is 4.79 Å². The maximum Gasteiger partial charge on any atom is 0.227 e. The molecule has 0 aromatic carbocycles. The Morgan fingerprint density at radius 2 is 1.50 bits per heavy atom. The van der Waals surface area contributed by atoms with Gasteiger partial charge in [-0.3, -0.25) is 4.79 Å². The second-order valence-corrected chi connectivity index (χ2v) is 6.41. The maximum atomic E-state index is 12.1. The topological polar surface area (TPSA) is 29.1 Å². The summed E-state index contributed by atoms with van der Waals surface area (Å²) in [5.41, 5.74) is -0.183. The first-order valence-electron chi connectivity index (χ1n) is 5.41. The van der Waals surface area contributed by atoms with Gasteiger partial charge >= 0.3 is 0 Å². The summed E-state index contributed by atoms with van der Waals surface area (Å²) in [6, 6.07) is 0. The van der Waals surface area contributed by atoms with Crippen molar-refractivity contribution >= 4 is 5.91 Å². The number of amides is 1. The van der Waals surface area contributed by atoms with E-state index in [-0.39, 0.29) is 22.2 Å². The van der Waals surface area contributed by atoms with Gasteiger partial charge in [0.05, 0.1) is 5.41 Å². The van der Waals surface area contributed by atoms with Crippen LogP contribution in [-0.4, -0.2) is 12.5 Å². The van der Waals surface area contributed by atoms with Gasteiger partial charge in [-0.05, 0) is 17.3 Å². The average molecular weight is 197 g/mol. The summed E-state index contributed by atoms with van der Waals surface area (Å²) in [5, 5.41) is 2.98. The lowest BCUT2D eigenvalue weighted by Gasteiger charge is -2.49.